The Hall–Kier alpha value is -1.60. The van der Waals surface area contributed by atoms with Crippen LogP contribution in [0.2, 0.25) is 0 Å². The second-order valence-electron chi connectivity index (χ2n) is 4.65. The second kappa shape index (κ2) is 4.01. The number of benzene rings is 2. The lowest BCUT2D eigenvalue weighted by atomic mass is 10.0. The lowest BCUT2D eigenvalue weighted by Crippen LogP contribution is -2.23. The molecule has 17 heavy (non-hydrogen) atoms. The van der Waals surface area contributed by atoms with E-state index in [1.165, 1.54) is 22.3 Å². The summed E-state index contributed by atoms with van der Waals surface area (Å²) in [6.45, 7) is 3.27. The van der Waals surface area contributed by atoms with E-state index in [2.05, 4.69) is 67.4 Å². The van der Waals surface area contributed by atoms with Crippen molar-refractivity contribution in [3.63, 3.8) is 0 Å². The normalized spacial score (nSPS) is 13.8. The van der Waals surface area contributed by atoms with E-state index in [1.54, 1.807) is 0 Å². The predicted molar refractivity (Wildman–Crippen MR) is 72.0 cm³/mol. The van der Waals surface area contributed by atoms with E-state index < -0.39 is 0 Å². The lowest BCUT2D eigenvalue weighted by Gasteiger charge is -2.24. The van der Waals surface area contributed by atoms with Gasteiger partial charge in [-0.15, -0.1) is 0 Å². The number of fused-ring (bicyclic) bond motifs is 3. The number of hydrogen-bond acceptors (Lipinski definition) is 1. The van der Waals surface area contributed by atoms with Crippen LogP contribution >= 0.6 is 0 Å². The summed E-state index contributed by atoms with van der Waals surface area (Å²) in [5.41, 5.74) is 5.68. The molecule has 0 fully saturated rings. The Morgan fingerprint density at radius 1 is 0.882 bits per heavy atom. The Balaban J connectivity index is 2.23. The van der Waals surface area contributed by atoms with Crippen LogP contribution in [0.5, 0.6) is 0 Å². The molecule has 3 rings (SSSR count). The summed E-state index contributed by atoms with van der Waals surface area (Å²) >= 11 is 0. The van der Waals surface area contributed by atoms with Crippen molar-refractivity contribution in [2.45, 2.75) is 13.0 Å². The van der Waals surface area contributed by atoms with E-state index >= 15 is 0 Å². The number of rotatable bonds is 2. The van der Waals surface area contributed by atoms with E-state index in [0.717, 1.165) is 6.54 Å². The summed E-state index contributed by atoms with van der Waals surface area (Å²) in [7, 11) is 2.20. The molecule has 1 nitrogen and oxygen atoms in total. The van der Waals surface area contributed by atoms with Crippen LogP contribution < -0.4 is 0 Å². The van der Waals surface area contributed by atoms with Crippen molar-refractivity contribution in [3.05, 3.63) is 59.7 Å². The first-order valence-corrected chi connectivity index (χ1v) is 6.21. The SMILES string of the molecule is CCN(C)C1c2ccccc2-c2ccccc21. The van der Waals surface area contributed by atoms with Crippen LogP contribution in [0.15, 0.2) is 48.5 Å². The molecule has 2 aromatic rings. The van der Waals surface area contributed by atoms with Crippen molar-refractivity contribution in [2.24, 2.45) is 0 Å². The van der Waals surface area contributed by atoms with Crippen molar-refractivity contribution in [2.75, 3.05) is 13.6 Å². The molecule has 0 aliphatic heterocycles. The van der Waals surface area contributed by atoms with Gasteiger partial charge in [-0.05, 0) is 35.8 Å². The van der Waals surface area contributed by atoms with Crippen LogP contribution in [-0.4, -0.2) is 18.5 Å². The van der Waals surface area contributed by atoms with Gasteiger partial charge in [0.25, 0.3) is 0 Å². The molecule has 1 aliphatic carbocycles. The molecule has 2 aromatic carbocycles. The highest BCUT2D eigenvalue weighted by Gasteiger charge is 2.29. The summed E-state index contributed by atoms with van der Waals surface area (Å²) in [6.07, 6.45) is 0. The van der Waals surface area contributed by atoms with Gasteiger partial charge in [0, 0.05) is 0 Å². The fraction of sp³-hybridized carbons (Fsp3) is 0.250. The molecule has 0 aromatic heterocycles. The third kappa shape index (κ3) is 1.50. The minimum atomic E-state index is 0.424. The van der Waals surface area contributed by atoms with Gasteiger partial charge in [0.1, 0.15) is 0 Å². The molecule has 0 saturated heterocycles. The molecular weight excluding hydrogens is 206 g/mol. The molecule has 86 valence electrons. The highest BCUT2D eigenvalue weighted by molar-refractivity contribution is 5.78. The fourth-order valence-corrected chi connectivity index (χ4v) is 2.79. The minimum Gasteiger partial charge on any atom is -0.296 e. The molecule has 0 amide bonds. The molecule has 0 radical (unpaired) electrons. The summed E-state index contributed by atoms with van der Waals surface area (Å²) in [5, 5.41) is 0. The molecule has 0 heterocycles. The first-order valence-electron chi connectivity index (χ1n) is 6.21. The monoisotopic (exact) mass is 223 g/mol. The van der Waals surface area contributed by atoms with Crippen LogP contribution in [0.25, 0.3) is 11.1 Å². The highest BCUT2D eigenvalue weighted by atomic mass is 15.1. The van der Waals surface area contributed by atoms with Gasteiger partial charge in [-0.3, -0.25) is 4.90 Å². The van der Waals surface area contributed by atoms with Crippen LogP contribution in [0, 0.1) is 0 Å². The molecule has 0 saturated carbocycles. The summed E-state index contributed by atoms with van der Waals surface area (Å²) in [4.78, 5) is 2.41. The van der Waals surface area contributed by atoms with Gasteiger partial charge < -0.3 is 0 Å². The Morgan fingerprint density at radius 3 is 1.82 bits per heavy atom. The maximum Gasteiger partial charge on any atom is 0.0611 e. The molecular formula is C16H17N. The van der Waals surface area contributed by atoms with Crippen molar-refractivity contribution >= 4 is 0 Å². The van der Waals surface area contributed by atoms with E-state index in [1.807, 2.05) is 0 Å². The predicted octanol–water partition coefficient (Wildman–Crippen LogP) is 3.71. The molecule has 0 spiro atoms. The van der Waals surface area contributed by atoms with Crippen molar-refractivity contribution in [3.8, 4) is 11.1 Å². The molecule has 0 N–H and O–H groups in total. The molecule has 0 unspecified atom stereocenters. The van der Waals surface area contributed by atoms with Crippen LogP contribution in [-0.2, 0) is 0 Å². The van der Waals surface area contributed by atoms with Crippen molar-refractivity contribution < 1.29 is 0 Å². The van der Waals surface area contributed by atoms with Gasteiger partial charge in [-0.1, -0.05) is 55.5 Å². The van der Waals surface area contributed by atoms with E-state index in [9.17, 15) is 0 Å². The van der Waals surface area contributed by atoms with E-state index in [-0.39, 0.29) is 0 Å². The maximum absolute atomic E-state index is 2.41. The first-order chi connectivity index (χ1) is 8.33. The Labute approximate surface area is 103 Å². The lowest BCUT2D eigenvalue weighted by molar-refractivity contribution is 0.298. The molecule has 0 atom stereocenters. The van der Waals surface area contributed by atoms with Crippen LogP contribution in [0.4, 0.5) is 0 Å². The average molecular weight is 223 g/mol. The fourth-order valence-electron chi connectivity index (χ4n) is 2.79. The van der Waals surface area contributed by atoms with Gasteiger partial charge in [0.2, 0.25) is 0 Å². The minimum absolute atomic E-state index is 0.424. The molecule has 1 aliphatic rings. The third-order valence-corrected chi connectivity index (χ3v) is 3.74. The quantitative estimate of drug-likeness (QED) is 0.750. The second-order valence-corrected chi connectivity index (χ2v) is 4.65. The van der Waals surface area contributed by atoms with E-state index in [0.29, 0.717) is 6.04 Å². The summed E-state index contributed by atoms with van der Waals surface area (Å²) in [5.74, 6) is 0. The van der Waals surface area contributed by atoms with Gasteiger partial charge in [-0.2, -0.15) is 0 Å². The maximum atomic E-state index is 2.41. The molecule has 0 bridgehead atoms. The first kappa shape index (κ1) is 10.5. The highest BCUT2D eigenvalue weighted by Crippen LogP contribution is 2.45. The van der Waals surface area contributed by atoms with Gasteiger partial charge in [0.05, 0.1) is 6.04 Å². The smallest absolute Gasteiger partial charge is 0.0611 e. The largest absolute Gasteiger partial charge is 0.296 e. The summed E-state index contributed by atoms with van der Waals surface area (Å²) in [6, 6.07) is 17.9. The number of hydrogen-bond donors (Lipinski definition) is 0. The zero-order chi connectivity index (χ0) is 11.8. The topological polar surface area (TPSA) is 3.24 Å². The Bertz CT molecular complexity index is 499. The van der Waals surface area contributed by atoms with Crippen LogP contribution in [0.3, 0.4) is 0 Å². The Morgan fingerprint density at radius 2 is 1.35 bits per heavy atom. The van der Waals surface area contributed by atoms with Crippen molar-refractivity contribution in [1.29, 1.82) is 0 Å². The average Bonchev–Trinajstić information content (AvgIpc) is 2.72. The van der Waals surface area contributed by atoms with Gasteiger partial charge in [-0.25, -0.2) is 0 Å². The zero-order valence-corrected chi connectivity index (χ0v) is 10.4. The van der Waals surface area contributed by atoms with Gasteiger partial charge in [0.15, 0.2) is 0 Å². The standard InChI is InChI=1S/C16H17N/c1-3-17(2)16-14-10-6-4-8-12(14)13-9-5-7-11-15(13)16/h4-11,16H,3H2,1-2H3. The van der Waals surface area contributed by atoms with Gasteiger partial charge >= 0.3 is 0 Å². The van der Waals surface area contributed by atoms with E-state index in [4.69, 9.17) is 0 Å². The van der Waals surface area contributed by atoms with Crippen molar-refractivity contribution in [1.82, 2.24) is 4.90 Å². The summed E-state index contributed by atoms with van der Waals surface area (Å²) < 4.78 is 0. The third-order valence-electron chi connectivity index (χ3n) is 3.74. The van der Waals surface area contributed by atoms with Crippen LogP contribution in [0.1, 0.15) is 24.1 Å². The zero-order valence-electron chi connectivity index (χ0n) is 10.4. The number of nitrogens with zero attached hydrogens (tertiary/aromatic N) is 1. The Kier molecular flexibility index (Phi) is 2.49. The molecule has 1 heteroatoms.